The van der Waals surface area contributed by atoms with Crippen LogP contribution in [0.2, 0.25) is 0 Å². The highest BCUT2D eigenvalue weighted by Crippen LogP contribution is 2.21. The van der Waals surface area contributed by atoms with Crippen molar-refractivity contribution in [3.05, 3.63) is 29.8 Å². The van der Waals surface area contributed by atoms with Crippen LogP contribution in [-0.2, 0) is 4.79 Å². The molecule has 1 saturated heterocycles. The number of amides is 3. The fourth-order valence-electron chi connectivity index (χ4n) is 2.71. The van der Waals surface area contributed by atoms with Gasteiger partial charge in [-0.05, 0) is 57.7 Å². The van der Waals surface area contributed by atoms with Gasteiger partial charge in [0.2, 0.25) is 5.91 Å². The van der Waals surface area contributed by atoms with Gasteiger partial charge in [-0.25, -0.2) is 4.79 Å². The minimum absolute atomic E-state index is 0.0613. The Morgan fingerprint density at radius 1 is 1.35 bits per heavy atom. The van der Waals surface area contributed by atoms with Gasteiger partial charge in [-0.15, -0.1) is 0 Å². The second-order valence-electron chi connectivity index (χ2n) is 6.88. The minimum Gasteiger partial charge on any atom is -0.349 e. The predicted molar refractivity (Wildman–Crippen MR) is 92.4 cm³/mol. The molecule has 2 N–H and O–H groups in total. The first-order chi connectivity index (χ1) is 10.8. The van der Waals surface area contributed by atoms with Gasteiger partial charge in [0.05, 0.1) is 0 Å². The van der Waals surface area contributed by atoms with Gasteiger partial charge in [0.25, 0.3) is 0 Å². The van der Waals surface area contributed by atoms with E-state index in [4.69, 9.17) is 0 Å². The number of nitrogens with one attached hydrogen (secondary N) is 2. The standard InChI is InChI=1S/C18H27N3O2/c1-5-18(3,4)20-16(22)15-10-7-11-21(15)17(23)19-14-9-6-8-13(2)12-14/h6,8-9,12,15H,5,7,10-11H2,1-4H3,(H,19,23)(H,20,22). The molecule has 1 aromatic carbocycles. The average Bonchev–Trinajstić information content (AvgIpc) is 2.96. The molecule has 1 aliphatic rings. The molecule has 0 aromatic heterocycles. The smallest absolute Gasteiger partial charge is 0.322 e. The van der Waals surface area contributed by atoms with Crippen LogP contribution in [-0.4, -0.2) is 35.0 Å². The van der Waals surface area contributed by atoms with E-state index in [0.29, 0.717) is 13.0 Å². The van der Waals surface area contributed by atoms with Crippen molar-refractivity contribution in [2.45, 2.75) is 58.5 Å². The highest BCUT2D eigenvalue weighted by Gasteiger charge is 2.35. The van der Waals surface area contributed by atoms with Crippen molar-refractivity contribution >= 4 is 17.6 Å². The van der Waals surface area contributed by atoms with Gasteiger partial charge < -0.3 is 15.5 Å². The second-order valence-corrected chi connectivity index (χ2v) is 6.88. The van der Waals surface area contributed by atoms with Crippen molar-refractivity contribution in [1.82, 2.24) is 10.2 Å². The van der Waals surface area contributed by atoms with E-state index in [2.05, 4.69) is 10.6 Å². The summed E-state index contributed by atoms with van der Waals surface area (Å²) in [6.07, 6.45) is 2.42. The Bertz CT molecular complexity index is 583. The van der Waals surface area contributed by atoms with Crippen LogP contribution < -0.4 is 10.6 Å². The molecule has 1 fully saturated rings. The molecule has 5 heteroatoms. The van der Waals surface area contributed by atoms with Gasteiger partial charge in [-0.2, -0.15) is 0 Å². The average molecular weight is 317 g/mol. The summed E-state index contributed by atoms with van der Waals surface area (Å²) in [4.78, 5) is 26.7. The molecule has 1 atom stereocenters. The summed E-state index contributed by atoms with van der Waals surface area (Å²) < 4.78 is 0. The third kappa shape index (κ3) is 4.47. The van der Waals surface area contributed by atoms with E-state index in [0.717, 1.165) is 24.1 Å². The number of hydrogen-bond acceptors (Lipinski definition) is 2. The summed E-state index contributed by atoms with van der Waals surface area (Å²) in [7, 11) is 0. The van der Waals surface area contributed by atoms with Crippen LogP contribution in [0.1, 0.15) is 45.6 Å². The van der Waals surface area contributed by atoms with Crippen LogP contribution in [0.3, 0.4) is 0 Å². The highest BCUT2D eigenvalue weighted by molar-refractivity contribution is 5.94. The number of urea groups is 1. The van der Waals surface area contributed by atoms with Gasteiger partial charge in [0, 0.05) is 17.8 Å². The van der Waals surface area contributed by atoms with Crippen LogP contribution in [0.4, 0.5) is 10.5 Å². The first-order valence-corrected chi connectivity index (χ1v) is 8.29. The zero-order valence-corrected chi connectivity index (χ0v) is 14.5. The number of nitrogens with zero attached hydrogens (tertiary/aromatic N) is 1. The lowest BCUT2D eigenvalue weighted by Gasteiger charge is -2.30. The third-order valence-corrected chi connectivity index (χ3v) is 4.43. The fraction of sp³-hybridized carbons (Fsp3) is 0.556. The summed E-state index contributed by atoms with van der Waals surface area (Å²) >= 11 is 0. The number of anilines is 1. The first-order valence-electron chi connectivity index (χ1n) is 8.29. The summed E-state index contributed by atoms with van der Waals surface area (Å²) in [5.41, 5.74) is 1.59. The van der Waals surface area contributed by atoms with Crippen molar-refractivity contribution < 1.29 is 9.59 Å². The van der Waals surface area contributed by atoms with Gasteiger partial charge in [-0.3, -0.25) is 4.79 Å². The molecule has 5 nitrogen and oxygen atoms in total. The van der Waals surface area contributed by atoms with E-state index >= 15 is 0 Å². The third-order valence-electron chi connectivity index (χ3n) is 4.43. The van der Waals surface area contributed by atoms with E-state index in [9.17, 15) is 9.59 Å². The van der Waals surface area contributed by atoms with Crippen LogP contribution in [0.25, 0.3) is 0 Å². The molecular formula is C18H27N3O2. The number of carbonyl (C=O) groups excluding carboxylic acids is 2. The molecule has 23 heavy (non-hydrogen) atoms. The van der Waals surface area contributed by atoms with E-state index in [-0.39, 0.29) is 23.5 Å². The first kappa shape index (κ1) is 17.3. The van der Waals surface area contributed by atoms with Crippen LogP contribution in [0.15, 0.2) is 24.3 Å². The monoisotopic (exact) mass is 317 g/mol. The van der Waals surface area contributed by atoms with E-state index in [1.54, 1.807) is 4.90 Å². The van der Waals surface area contributed by atoms with Crippen LogP contribution in [0.5, 0.6) is 0 Å². The summed E-state index contributed by atoms with van der Waals surface area (Å²) in [6.45, 7) is 8.63. The van der Waals surface area contributed by atoms with Crippen molar-refractivity contribution in [3.8, 4) is 0 Å². The normalized spacial score (nSPS) is 17.9. The lowest BCUT2D eigenvalue weighted by molar-refractivity contribution is -0.126. The topological polar surface area (TPSA) is 61.4 Å². The Morgan fingerprint density at radius 3 is 2.74 bits per heavy atom. The number of likely N-dealkylation sites (tertiary alicyclic amines) is 1. The fourth-order valence-corrected chi connectivity index (χ4v) is 2.71. The quantitative estimate of drug-likeness (QED) is 0.895. The number of hydrogen-bond donors (Lipinski definition) is 2. The lowest BCUT2D eigenvalue weighted by atomic mass is 10.0. The minimum atomic E-state index is -0.384. The molecule has 3 amide bonds. The maximum atomic E-state index is 12.5. The number of carbonyl (C=O) groups is 2. The SMILES string of the molecule is CCC(C)(C)NC(=O)C1CCCN1C(=O)Nc1cccc(C)c1. The lowest BCUT2D eigenvalue weighted by Crippen LogP contribution is -2.53. The van der Waals surface area contributed by atoms with Gasteiger partial charge in [0.15, 0.2) is 0 Å². The highest BCUT2D eigenvalue weighted by atomic mass is 16.2. The number of rotatable bonds is 4. The van der Waals surface area contributed by atoms with Gasteiger partial charge in [0.1, 0.15) is 6.04 Å². The Morgan fingerprint density at radius 2 is 2.09 bits per heavy atom. The van der Waals surface area contributed by atoms with Crippen LogP contribution in [0, 0.1) is 6.92 Å². The molecule has 1 aliphatic heterocycles. The van der Waals surface area contributed by atoms with E-state index < -0.39 is 0 Å². The van der Waals surface area contributed by atoms with Crippen molar-refractivity contribution in [2.24, 2.45) is 0 Å². The molecule has 0 aliphatic carbocycles. The Kier molecular flexibility index (Phi) is 5.29. The Balaban J connectivity index is 2.03. The molecule has 0 spiro atoms. The molecule has 0 saturated carbocycles. The van der Waals surface area contributed by atoms with E-state index in [1.165, 1.54) is 0 Å². The van der Waals surface area contributed by atoms with Gasteiger partial charge >= 0.3 is 6.03 Å². The largest absolute Gasteiger partial charge is 0.349 e. The molecule has 126 valence electrons. The summed E-state index contributed by atoms with van der Waals surface area (Å²) in [5, 5.41) is 5.94. The molecular weight excluding hydrogens is 290 g/mol. The van der Waals surface area contributed by atoms with E-state index in [1.807, 2.05) is 52.0 Å². The zero-order valence-electron chi connectivity index (χ0n) is 14.5. The zero-order chi connectivity index (χ0) is 17.0. The molecule has 1 heterocycles. The molecule has 0 bridgehead atoms. The van der Waals surface area contributed by atoms with Crippen molar-refractivity contribution in [3.63, 3.8) is 0 Å². The molecule has 1 unspecified atom stereocenters. The number of aryl methyl sites for hydroxylation is 1. The molecule has 0 radical (unpaired) electrons. The van der Waals surface area contributed by atoms with Gasteiger partial charge in [-0.1, -0.05) is 19.1 Å². The van der Waals surface area contributed by atoms with Crippen LogP contribution >= 0.6 is 0 Å². The summed E-state index contributed by atoms with van der Waals surface area (Å²) in [5.74, 6) is -0.0613. The van der Waals surface area contributed by atoms with Crippen molar-refractivity contribution in [1.29, 1.82) is 0 Å². The second kappa shape index (κ2) is 7.02. The molecule has 1 aromatic rings. The summed E-state index contributed by atoms with van der Waals surface area (Å²) in [6, 6.07) is 7.07. The maximum absolute atomic E-state index is 12.5. The molecule has 2 rings (SSSR count). The maximum Gasteiger partial charge on any atom is 0.322 e. The van der Waals surface area contributed by atoms with Crippen molar-refractivity contribution in [2.75, 3.05) is 11.9 Å². The predicted octanol–water partition coefficient (Wildman–Crippen LogP) is 3.30. The Labute approximate surface area is 138 Å². The number of benzene rings is 1. The Hall–Kier alpha value is -2.04.